The average molecular weight is 316 g/mol. The summed E-state index contributed by atoms with van der Waals surface area (Å²) in [7, 11) is -1.44. The van der Waals surface area contributed by atoms with Crippen molar-refractivity contribution in [2.45, 2.75) is 54.7 Å². The van der Waals surface area contributed by atoms with Gasteiger partial charge in [-0.15, -0.1) is 0 Å². The highest BCUT2D eigenvalue weighted by Crippen LogP contribution is 2.28. The van der Waals surface area contributed by atoms with Gasteiger partial charge in [-0.3, -0.25) is 0 Å². The van der Waals surface area contributed by atoms with Crippen LogP contribution in [0.1, 0.15) is 38.5 Å². The summed E-state index contributed by atoms with van der Waals surface area (Å²) in [4.78, 5) is 0.382. The van der Waals surface area contributed by atoms with Crippen molar-refractivity contribution < 1.29 is 8.42 Å². The second-order valence-corrected chi connectivity index (χ2v) is 8.03. The fourth-order valence-corrected chi connectivity index (χ4v) is 5.12. The van der Waals surface area contributed by atoms with Crippen molar-refractivity contribution in [2.24, 2.45) is 0 Å². The smallest absolute Gasteiger partial charge is 0.182 e. The molecular weight excluding hydrogens is 294 g/mol. The van der Waals surface area contributed by atoms with Gasteiger partial charge in [0.2, 0.25) is 0 Å². The van der Waals surface area contributed by atoms with Gasteiger partial charge in [0.25, 0.3) is 0 Å². The molecule has 112 valence electrons. The van der Waals surface area contributed by atoms with Crippen molar-refractivity contribution in [1.29, 1.82) is 0 Å². The van der Waals surface area contributed by atoms with E-state index in [-0.39, 0.29) is 11.3 Å². The highest BCUT2D eigenvalue weighted by atomic mass is 35.5. The first-order chi connectivity index (χ1) is 9.55. The zero-order valence-electron chi connectivity index (χ0n) is 11.8. The van der Waals surface area contributed by atoms with E-state index in [1.165, 1.54) is 6.42 Å². The summed E-state index contributed by atoms with van der Waals surface area (Å²) in [6.45, 7) is 0. The van der Waals surface area contributed by atoms with Crippen LogP contribution in [0.5, 0.6) is 0 Å². The Morgan fingerprint density at radius 2 is 1.65 bits per heavy atom. The maximum absolute atomic E-state index is 12.8. The minimum Gasteiger partial charge on any atom is -0.316 e. The molecule has 0 bridgehead atoms. The third-order valence-electron chi connectivity index (χ3n) is 4.11. The Labute approximate surface area is 126 Å². The fraction of sp³-hybridized carbons (Fsp3) is 0.600. The zero-order chi connectivity index (χ0) is 14.6. The van der Waals surface area contributed by atoms with E-state index < -0.39 is 9.84 Å². The van der Waals surface area contributed by atoms with Crippen molar-refractivity contribution in [3.63, 3.8) is 0 Å². The molecule has 1 N–H and O–H groups in total. The summed E-state index contributed by atoms with van der Waals surface area (Å²) < 4.78 is 25.7. The van der Waals surface area contributed by atoms with Crippen LogP contribution in [-0.2, 0) is 9.84 Å². The quantitative estimate of drug-likeness (QED) is 0.929. The van der Waals surface area contributed by atoms with Crippen molar-refractivity contribution in [1.82, 2.24) is 5.32 Å². The van der Waals surface area contributed by atoms with E-state index in [1.807, 2.05) is 7.05 Å². The van der Waals surface area contributed by atoms with Gasteiger partial charge in [-0.25, -0.2) is 8.42 Å². The summed E-state index contributed by atoms with van der Waals surface area (Å²) in [5.41, 5.74) is 0. The van der Waals surface area contributed by atoms with Crippen molar-refractivity contribution >= 4 is 21.4 Å². The monoisotopic (exact) mass is 315 g/mol. The summed E-state index contributed by atoms with van der Waals surface area (Å²) in [6.07, 6.45) is 6.06. The Bertz CT molecular complexity index is 527. The minimum absolute atomic E-state index is 0.0379. The van der Waals surface area contributed by atoms with E-state index in [1.54, 1.807) is 24.3 Å². The first-order valence-corrected chi connectivity index (χ1v) is 9.15. The summed E-state index contributed by atoms with van der Waals surface area (Å²) in [6, 6.07) is 6.56. The largest absolute Gasteiger partial charge is 0.316 e. The molecule has 2 rings (SSSR count). The van der Waals surface area contributed by atoms with Gasteiger partial charge in [0.1, 0.15) is 0 Å². The molecule has 0 aliphatic heterocycles. The molecule has 1 aliphatic carbocycles. The van der Waals surface area contributed by atoms with E-state index in [2.05, 4.69) is 5.32 Å². The molecule has 20 heavy (non-hydrogen) atoms. The van der Waals surface area contributed by atoms with Gasteiger partial charge in [0, 0.05) is 11.1 Å². The van der Waals surface area contributed by atoms with E-state index in [0.717, 1.165) is 32.1 Å². The molecule has 0 radical (unpaired) electrons. The van der Waals surface area contributed by atoms with Crippen LogP contribution in [0.2, 0.25) is 5.02 Å². The Hall–Kier alpha value is -0.580. The minimum atomic E-state index is -3.30. The third kappa shape index (κ3) is 3.54. The highest BCUT2D eigenvalue weighted by molar-refractivity contribution is 7.92. The molecule has 1 aliphatic rings. The lowest BCUT2D eigenvalue weighted by atomic mass is 9.96. The van der Waals surface area contributed by atoms with E-state index in [0.29, 0.717) is 9.92 Å². The lowest BCUT2D eigenvalue weighted by molar-refractivity contribution is 0.405. The second-order valence-electron chi connectivity index (χ2n) is 5.42. The topological polar surface area (TPSA) is 46.2 Å². The summed E-state index contributed by atoms with van der Waals surface area (Å²) >= 11 is 5.84. The van der Waals surface area contributed by atoms with Crippen LogP contribution in [0.15, 0.2) is 29.2 Å². The molecule has 2 atom stereocenters. The summed E-state index contributed by atoms with van der Waals surface area (Å²) in [5.74, 6) is 0. The van der Waals surface area contributed by atoms with Gasteiger partial charge in [-0.05, 0) is 44.2 Å². The SMILES string of the molecule is CNC1CCCCCCC1S(=O)(=O)c1ccc(Cl)cc1. The van der Waals surface area contributed by atoms with Crippen LogP contribution in [0.4, 0.5) is 0 Å². The van der Waals surface area contributed by atoms with E-state index in [9.17, 15) is 8.42 Å². The molecule has 0 saturated heterocycles. The van der Waals surface area contributed by atoms with Crippen molar-refractivity contribution in [3.05, 3.63) is 29.3 Å². The molecule has 0 aromatic heterocycles. The lowest BCUT2D eigenvalue weighted by Crippen LogP contribution is -2.43. The maximum Gasteiger partial charge on any atom is 0.182 e. The van der Waals surface area contributed by atoms with Gasteiger partial charge in [0.05, 0.1) is 10.1 Å². The molecule has 1 aromatic carbocycles. The molecule has 0 spiro atoms. The molecule has 5 heteroatoms. The molecule has 1 fully saturated rings. The van der Waals surface area contributed by atoms with Crippen molar-refractivity contribution in [3.8, 4) is 0 Å². The van der Waals surface area contributed by atoms with Crippen LogP contribution >= 0.6 is 11.6 Å². The van der Waals surface area contributed by atoms with Crippen LogP contribution in [0.3, 0.4) is 0 Å². The van der Waals surface area contributed by atoms with Gasteiger partial charge >= 0.3 is 0 Å². The standard InChI is InChI=1S/C15H22ClNO2S/c1-17-14-6-4-2-3-5-7-15(14)20(18,19)13-10-8-12(16)9-11-13/h8-11,14-15,17H,2-7H2,1H3. The Morgan fingerprint density at radius 3 is 2.25 bits per heavy atom. The Morgan fingerprint density at radius 1 is 1.05 bits per heavy atom. The maximum atomic E-state index is 12.8. The van der Waals surface area contributed by atoms with Crippen molar-refractivity contribution in [2.75, 3.05) is 7.05 Å². The fourth-order valence-electron chi connectivity index (χ4n) is 2.95. The first kappa shape index (κ1) is 15.8. The molecule has 2 unspecified atom stereocenters. The molecule has 3 nitrogen and oxygen atoms in total. The number of hydrogen-bond acceptors (Lipinski definition) is 3. The summed E-state index contributed by atoms with van der Waals surface area (Å²) in [5, 5.41) is 3.43. The highest BCUT2D eigenvalue weighted by Gasteiger charge is 2.34. The molecule has 0 heterocycles. The second kappa shape index (κ2) is 6.92. The van der Waals surface area contributed by atoms with Crippen LogP contribution in [0, 0.1) is 0 Å². The predicted molar refractivity (Wildman–Crippen MR) is 83.0 cm³/mol. The van der Waals surface area contributed by atoms with E-state index in [4.69, 9.17) is 11.6 Å². The number of rotatable bonds is 3. The normalized spacial score (nSPS) is 24.9. The number of sulfone groups is 1. The zero-order valence-corrected chi connectivity index (χ0v) is 13.4. The molecule has 0 amide bonds. The number of halogens is 1. The van der Waals surface area contributed by atoms with Gasteiger partial charge in [0.15, 0.2) is 9.84 Å². The lowest BCUT2D eigenvalue weighted by Gasteiger charge is -2.29. The van der Waals surface area contributed by atoms with E-state index >= 15 is 0 Å². The average Bonchev–Trinajstić information content (AvgIpc) is 2.39. The molecule has 1 aromatic rings. The number of hydrogen-bond donors (Lipinski definition) is 1. The number of nitrogens with one attached hydrogen (secondary N) is 1. The van der Waals surface area contributed by atoms with Gasteiger partial charge in [-0.1, -0.05) is 37.3 Å². The third-order valence-corrected chi connectivity index (χ3v) is 6.66. The molecule has 1 saturated carbocycles. The number of benzene rings is 1. The Balaban J connectivity index is 2.30. The van der Waals surface area contributed by atoms with Gasteiger partial charge in [-0.2, -0.15) is 0 Å². The van der Waals surface area contributed by atoms with Gasteiger partial charge < -0.3 is 5.32 Å². The Kier molecular flexibility index (Phi) is 5.47. The molecular formula is C15H22ClNO2S. The van der Waals surface area contributed by atoms with Crippen LogP contribution < -0.4 is 5.32 Å². The van der Waals surface area contributed by atoms with Crippen LogP contribution in [0.25, 0.3) is 0 Å². The predicted octanol–water partition coefficient (Wildman–Crippen LogP) is 3.42. The first-order valence-electron chi connectivity index (χ1n) is 7.22. The van der Waals surface area contributed by atoms with Crippen LogP contribution in [-0.4, -0.2) is 26.8 Å².